The maximum atomic E-state index is 6.39. The normalized spacial score (nSPS) is 16.9. The van der Waals surface area contributed by atoms with Crippen LogP contribution in [-0.4, -0.2) is 30.6 Å². The summed E-state index contributed by atoms with van der Waals surface area (Å²) in [4.78, 5) is 2.24. The Morgan fingerprint density at radius 2 is 1.76 bits per heavy atom. The fourth-order valence-electron chi connectivity index (χ4n) is 2.11. The van der Waals surface area contributed by atoms with Gasteiger partial charge in [0.1, 0.15) is 0 Å². The first kappa shape index (κ1) is 14.2. The smallest absolute Gasteiger partial charge is 0.0326 e. The predicted molar refractivity (Wildman–Crippen MR) is 75.2 cm³/mol. The number of hydrogen-bond acceptors (Lipinski definition) is 2. The van der Waals surface area contributed by atoms with Crippen molar-refractivity contribution in [2.75, 3.05) is 14.1 Å². The molecule has 0 aliphatic heterocycles. The molecule has 2 heteroatoms. The van der Waals surface area contributed by atoms with Crippen molar-refractivity contribution in [1.82, 2.24) is 4.90 Å². The summed E-state index contributed by atoms with van der Waals surface area (Å²) in [5, 5.41) is 0. The van der Waals surface area contributed by atoms with Gasteiger partial charge in [-0.3, -0.25) is 0 Å². The number of aryl methyl sites for hydroxylation is 1. The molecule has 1 aromatic carbocycles. The molecule has 2 unspecified atom stereocenters. The highest BCUT2D eigenvalue weighted by Crippen LogP contribution is 2.22. The molecular formula is C15H26N2. The first-order valence-electron chi connectivity index (χ1n) is 6.38. The Morgan fingerprint density at radius 1 is 1.24 bits per heavy atom. The molecule has 96 valence electrons. The summed E-state index contributed by atoms with van der Waals surface area (Å²) in [6.07, 6.45) is 2.00. The lowest BCUT2D eigenvalue weighted by molar-refractivity contribution is 0.131. The molecular weight excluding hydrogens is 208 g/mol. The van der Waals surface area contributed by atoms with Crippen LogP contribution in [0.1, 0.15) is 31.4 Å². The summed E-state index contributed by atoms with van der Waals surface area (Å²) in [7, 11) is 4.22. The van der Waals surface area contributed by atoms with Crippen LogP contribution in [0.5, 0.6) is 0 Å². The van der Waals surface area contributed by atoms with E-state index in [9.17, 15) is 0 Å². The van der Waals surface area contributed by atoms with Gasteiger partial charge in [0.05, 0.1) is 0 Å². The van der Waals surface area contributed by atoms with Crippen LogP contribution >= 0.6 is 0 Å². The molecule has 0 aromatic heterocycles. The quantitative estimate of drug-likeness (QED) is 0.848. The third kappa shape index (κ3) is 3.30. The fourth-order valence-corrected chi connectivity index (χ4v) is 2.11. The highest BCUT2D eigenvalue weighted by atomic mass is 15.2. The minimum Gasteiger partial charge on any atom is -0.326 e. The number of nitrogens with two attached hydrogens (primary N) is 1. The average molecular weight is 234 g/mol. The van der Waals surface area contributed by atoms with Gasteiger partial charge < -0.3 is 10.6 Å². The maximum absolute atomic E-state index is 6.39. The van der Waals surface area contributed by atoms with E-state index in [-0.39, 0.29) is 11.6 Å². The average Bonchev–Trinajstić information content (AvgIpc) is 2.30. The Labute approximate surface area is 106 Å². The minimum atomic E-state index is 0.0604. The van der Waals surface area contributed by atoms with Crippen molar-refractivity contribution >= 4 is 0 Å². The van der Waals surface area contributed by atoms with Gasteiger partial charge in [-0.1, -0.05) is 36.8 Å². The van der Waals surface area contributed by atoms with Crippen molar-refractivity contribution in [3.05, 3.63) is 35.4 Å². The highest BCUT2D eigenvalue weighted by molar-refractivity contribution is 5.22. The molecule has 0 saturated heterocycles. The number of likely N-dealkylation sites (N-methyl/N-ethyl adjacent to an activating group) is 1. The summed E-state index contributed by atoms with van der Waals surface area (Å²) in [5.41, 5.74) is 9.08. The predicted octanol–water partition coefficient (Wildman–Crippen LogP) is 2.60. The molecule has 0 fully saturated rings. The zero-order valence-electron chi connectivity index (χ0n) is 11.8. The fraction of sp³-hybridized carbons (Fsp3) is 0.600. The molecule has 0 radical (unpaired) electrons. The summed E-state index contributed by atoms with van der Waals surface area (Å²) < 4.78 is 0. The monoisotopic (exact) mass is 234 g/mol. The van der Waals surface area contributed by atoms with Crippen LogP contribution in [0, 0.1) is 6.92 Å². The van der Waals surface area contributed by atoms with E-state index in [1.165, 1.54) is 11.1 Å². The number of benzene rings is 1. The van der Waals surface area contributed by atoms with Gasteiger partial charge in [0.15, 0.2) is 0 Å². The number of hydrogen-bond donors (Lipinski definition) is 1. The lowest BCUT2D eigenvalue weighted by Gasteiger charge is -2.41. The maximum Gasteiger partial charge on any atom is 0.0326 e. The van der Waals surface area contributed by atoms with Crippen LogP contribution in [-0.2, 0) is 6.42 Å². The van der Waals surface area contributed by atoms with E-state index in [2.05, 4.69) is 64.0 Å². The second-order valence-electron chi connectivity index (χ2n) is 5.40. The van der Waals surface area contributed by atoms with Crippen molar-refractivity contribution in [3.63, 3.8) is 0 Å². The van der Waals surface area contributed by atoms with E-state index in [1.807, 2.05) is 0 Å². The van der Waals surface area contributed by atoms with Crippen LogP contribution in [0.4, 0.5) is 0 Å². The first-order valence-corrected chi connectivity index (χ1v) is 6.38. The largest absolute Gasteiger partial charge is 0.326 e. The summed E-state index contributed by atoms with van der Waals surface area (Å²) in [6.45, 7) is 6.56. The molecule has 2 N–H and O–H groups in total. The van der Waals surface area contributed by atoms with E-state index >= 15 is 0 Å². The van der Waals surface area contributed by atoms with Gasteiger partial charge in [-0.05, 0) is 46.3 Å². The van der Waals surface area contributed by atoms with Crippen LogP contribution in [0.15, 0.2) is 24.3 Å². The zero-order valence-corrected chi connectivity index (χ0v) is 11.8. The molecule has 0 spiro atoms. The van der Waals surface area contributed by atoms with Gasteiger partial charge in [0.25, 0.3) is 0 Å². The molecule has 0 aliphatic carbocycles. The van der Waals surface area contributed by atoms with E-state index in [0.29, 0.717) is 0 Å². The molecule has 0 saturated carbocycles. The van der Waals surface area contributed by atoms with Crippen LogP contribution in [0.2, 0.25) is 0 Å². The van der Waals surface area contributed by atoms with E-state index in [0.717, 1.165) is 12.8 Å². The molecule has 0 amide bonds. The van der Waals surface area contributed by atoms with Crippen LogP contribution < -0.4 is 5.73 Å². The molecule has 2 atom stereocenters. The van der Waals surface area contributed by atoms with Gasteiger partial charge in [-0.15, -0.1) is 0 Å². The Balaban J connectivity index is 2.77. The minimum absolute atomic E-state index is 0.0604. The highest BCUT2D eigenvalue weighted by Gasteiger charge is 2.31. The van der Waals surface area contributed by atoms with Gasteiger partial charge in [0, 0.05) is 11.6 Å². The molecule has 0 heterocycles. The molecule has 0 bridgehead atoms. The second-order valence-corrected chi connectivity index (χ2v) is 5.40. The Bertz CT molecular complexity index is 342. The SMILES string of the molecule is CCC(C)(C(N)Cc1ccc(C)cc1)N(C)C. The van der Waals surface area contributed by atoms with Gasteiger partial charge in [0.2, 0.25) is 0 Å². The lowest BCUT2D eigenvalue weighted by atomic mass is 9.85. The van der Waals surface area contributed by atoms with Gasteiger partial charge in [-0.25, -0.2) is 0 Å². The van der Waals surface area contributed by atoms with Crippen LogP contribution in [0.3, 0.4) is 0 Å². The second kappa shape index (κ2) is 5.65. The third-order valence-electron chi connectivity index (χ3n) is 4.11. The number of rotatable bonds is 5. The molecule has 17 heavy (non-hydrogen) atoms. The van der Waals surface area contributed by atoms with Crippen LogP contribution in [0.25, 0.3) is 0 Å². The van der Waals surface area contributed by atoms with Crippen molar-refractivity contribution < 1.29 is 0 Å². The molecule has 1 rings (SSSR count). The zero-order chi connectivity index (χ0) is 13.1. The van der Waals surface area contributed by atoms with Crippen molar-refractivity contribution in [2.45, 2.75) is 45.2 Å². The van der Waals surface area contributed by atoms with Crippen molar-refractivity contribution in [2.24, 2.45) is 5.73 Å². The Hall–Kier alpha value is -0.860. The summed E-state index contributed by atoms with van der Waals surface area (Å²) >= 11 is 0. The van der Waals surface area contributed by atoms with Crippen molar-refractivity contribution in [1.29, 1.82) is 0 Å². The lowest BCUT2D eigenvalue weighted by Crippen LogP contribution is -2.55. The Kier molecular flexibility index (Phi) is 4.72. The molecule has 2 nitrogen and oxygen atoms in total. The van der Waals surface area contributed by atoms with E-state index in [4.69, 9.17) is 5.73 Å². The van der Waals surface area contributed by atoms with Gasteiger partial charge >= 0.3 is 0 Å². The molecule has 0 aliphatic rings. The summed E-state index contributed by atoms with van der Waals surface area (Å²) in [6, 6.07) is 8.83. The van der Waals surface area contributed by atoms with E-state index in [1.54, 1.807) is 0 Å². The van der Waals surface area contributed by atoms with Gasteiger partial charge in [-0.2, -0.15) is 0 Å². The standard InChI is InChI=1S/C15H26N2/c1-6-15(3,17(4)5)14(16)11-13-9-7-12(2)8-10-13/h7-10,14H,6,11,16H2,1-5H3. The molecule has 1 aromatic rings. The summed E-state index contributed by atoms with van der Waals surface area (Å²) in [5.74, 6) is 0. The van der Waals surface area contributed by atoms with Crippen molar-refractivity contribution in [3.8, 4) is 0 Å². The topological polar surface area (TPSA) is 29.3 Å². The third-order valence-corrected chi connectivity index (χ3v) is 4.11. The van der Waals surface area contributed by atoms with E-state index < -0.39 is 0 Å². The first-order chi connectivity index (χ1) is 7.90. The number of nitrogens with zero attached hydrogens (tertiary/aromatic N) is 1. The Morgan fingerprint density at radius 3 is 2.18 bits per heavy atom.